The lowest BCUT2D eigenvalue weighted by molar-refractivity contribution is -0.117. The Bertz CT molecular complexity index is 1140. The van der Waals surface area contributed by atoms with E-state index in [1.165, 1.54) is 0 Å². The maximum absolute atomic E-state index is 13.1. The first-order chi connectivity index (χ1) is 13.6. The second-order valence-electron chi connectivity index (χ2n) is 7.02. The first kappa shape index (κ1) is 18.0. The highest BCUT2D eigenvalue weighted by atomic mass is 16.2. The third-order valence-corrected chi connectivity index (χ3v) is 5.27. The summed E-state index contributed by atoms with van der Waals surface area (Å²) in [7, 11) is 1.84. The Morgan fingerprint density at radius 3 is 2.39 bits per heavy atom. The molecule has 0 aliphatic rings. The first-order valence-electron chi connectivity index (χ1n) is 9.41. The van der Waals surface area contributed by atoms with Crippen molar-refractivity contribution in [3.8, 4) is 5.69 Å². The molecular weight excluding hydrogens is 346 g/mol. The Balaban J connectivity index is 1.64. The van der Waals surface area contributed by atoms with E-state index in [0.717, 1.165) is 39.1 Å². The molecule has 4 nitrogen and oxygen atoms in total. The molecule has 0 unspecified atom stereocenters. The molecule has 0 radical (unpaired) electrons. The summed E-state index contributed by atoms with van der Waals surface area (Å²) in [5.74, 6) is 0.0511. The molecule has 0 aliphatic heterocycles. The van der Waals surface area contributed by atoms with E-state index >= 15 is 0 Å². The standard InChI is InChI=1S/C24H23N3O/c1-17-22(18(2)27(25-17)20-12-5-4-6-13-20)16-24(28)26(3)23-15-9-11-19-10-7-8-14-21(19)23/h4-15H,16H2,1-3H3. The summed E-state index contributed by atoms with van der Waals surface area (Å²) in [6.45, 7) is 3.99. The zero-order chi connectivity index (χ0) is 19.7. The topological polar surface area (TPSA) is 38.1 Å². The summed E-state index contributed by atoms with van der Waals surface area (Å²) in [6.07, 6.45) is 0.324. The largest absolute Gasteiger partial charge is 0.315 e. The van der Waals surface area contributed by atoms with Crippen molar-refractivity contribution < 1.29 is 4.79 Å². The molecule has 0 saturated carbocycles. The van der Waals surface area contributed by atoms with E-state index in [4.69, 9.17) is 0 Å². The minimum Gasteiger partial charge on any atom is -0.315 e. The molecule has 0 aliphatic carbocycles. The minimum absolute atomic E-state index is 0.0511. The van der Waals surface area contributed by atoms with E-state index in [1.807, 2.05) is 80.2 Å². The Morgan fingerprint density at radius 1 is 0.929 bits per heavy atom. The van der Waals surface area contributed by atoms with Crippen molar-refractivity contribution in [3.05, 3.63) is 89.7 Å². The monoisotopic (exact) mass is 369 g/mol. The number of anilines is 1. The molecule has 0 fully saturated rings. The average Bonchev–Trinajstić information content (AvgIpc) is 3.01. The SMILES string of the molecule is Cc1nn(-c2ccccc2)c(C)c1CC(=O)N(C)c1cccc2ccccc12. The molecule has 1 aromatic heterocycles. The van der Waals surface area contributed by atoms with Crippen LogP contribution >= 0.6 is 0 Å². The predicted molar refractivity (Wildman–Crippen MR) is 114 cm³/mol. The number of fused-ring (bicyclic) bond motifs is 1. The Labute approximate surface area is 165 Å². The molecule has 0 bridgehead atoms. The average molecular weight is 369 g/mol. The van der Waals surface area contributed by atoms with Crippen LogP contribution in [0.3, 0.4) is 0 Å². The molecule has 1 amide bonds. The van der Waals surface area contributed by atoms with Crippen molar-refractivity contribution in [2.24, 2.45) is 0 Å². The van der Waals surface area contributed by atoms with E-state index in [1.54, 1.807) is 4.90 Å². The van der Waals surface area contributed by atoms with Crippen LogP contribution in [-0.4, -0.2) is 22.7 Å². The Morgan fingerprint density at radius 2 is 1.61 bits per heavy atom. The summed E-state index contributed by atoms with van der Waals surface area (Å²) in [5, 5.41) is 6.87. The van der Waals surface area contributed by atoms with Gasteiger partial charge in [0.05, 0.1) is 23.5 Å². The van der Waals surface area contributed by atoms with Crippen molar-refractivity contribution in [3.63, 3.8) is 0 Å². The van der Waals surface area contributed by atoms with E-state index in [-0.39, 0.29) is 5.91 Å². The number of likely N-dealkylation sites (N-methyl/N-ethyl adjacent to an activating group) is 1. The smallest absolute Gasteiger partial charge is 0.231 e. The number of nitrogens with zero attached hydrogens (tertiary/aromatic N) is 3. The number of aromatic nitrogens is 2. The van der Waals surface area contributed by atoms with Crippen LogP contribution in [0.15, 0.2) is 72.8 Å². The number of hydrogen-bond acceptors (Lipinski definition) is 2. The van der Waals surface area contributed by atoms with Gasteiger partial charge in [0.25, 0.3) is 0 Å². The van der Waals surface area contributed by atoms with Gasteiger partial charge in [-0.2, -0.15) is 5.10 Å². The van der Waals surface area contributed by atoms with Crippen LogP contribution in [0, 0.1) is 13.8 Å². The zero-order valence-corrected chi connectivity index (χ0v) is 16.4. The summed E-state index contributed by atoms with van der Waals surface area (Å²) < 4.78 is 1.91. The summed E-state index contributed by atoms with van der Waals surface area (Å²) in [5.41, 5.74) is 4.81. The number of carbonyl (C=O) groups excluding carboxylic acids is 1. The van der Waals surface area contributed by atoms with Gasteiger partial charge in [-0.3, -0.25) is 4.79 Å². The quantitative estimate of drug-likeness (QED) is 0.516. The van der Waals surface area contributed by atoms with Gasteiger partial charge < -0.3 is 4.90 Å². The number of para-hydroxylation sites is 1. The van der Waals surface area contributed by atoms with Gasteiger partial charge in [-0.25, -0.2) is 4.68 Å². The van der Waals surface area contributed by atoms with Gasteiger partial charge in [-0.15, -0.1) is 0 Å². The van der Waals surface area contributed by atoms with Gasteiger partial charge in [-0.05, 0) is 37.4 Å². The molecule has 0 N–H and O–H groups in total. The molecule has 0 atom stereocenters. The van der Waals surface area contributed by atoms with Crippen LogP contribution in [0.25, 0.3) is 16.5 Å². The number of carbonyl (C=O) groups is 1. The molecule has 4 rings (SSSR count). The van der Waals surface area contributed by atoms with Crippen LogP contribution in [0.5, 0.6) is 0 Å². The number of benzene rings is 3. The van der Waals surface area contributed by atoms with E-state index in [2.05, 4.69) is 23.3 Å². The van der Waals surface area contributed by atoms with Crippen LogP contribution in [0.1, 0.15) is 17.0 Å². The normalized spacial score (nSPS) is 11.0. The molecule has 3 aromatic carbocycles. The van der Waals surface area contributed by atoms with E-state index in [0.29, 0.717) is 6.42 Å². The highest BCUT2D eigenvalue weighted by molar-refractivity contribution is 6.04. The van der Waals surface area contributed by atoms with Gasteiger partial charge in [0, 0.05) is 23.7 Å². The summed E-state index contributed by atoms with van der Waals surface area (Å²) in [6, 6.07) is 24.2. The van der Waals surface area contributed by atoms with Gasteiger partial charge in [0.15, 0.2) is 0 Å². The zero-order valence-electron chi connectivity index (χ0n) is 16.4. The van der Waals surface area contributed by atoms with Gasteiger partial charge >= 0.3 is 0 Å². The van der Waals surface area contributed by atoms with Gasteiger partial charge in [0.1, 0.15) is 0 Å². The minimum atomic E-state index is 0.0511. The van der Waals surface area contributed by atoms with Crippen molar-refractivity contribution in [1.82, 2.24) is 9.78 Å². The summed E-state index contributed by atoms with van der Waals surface area (Å²) in [4.78, 5) is 14.8. The highest BCUT2D eigenvalue weighted by Crippen LogP contribution is 2.27. The van der Waals surface area contributed by atoms with Crippen LogP contribution < -0.4 is 4.90 Å². The van der Waals surface area contributed by atoms with Crippen LogP contribution in [-0.2, 0) is 11.2 Å². The second-order valence-corrected chi connectivity index (χ2v) is 7.02. The van der Waals surface area contributed by atoms with Crippen LogP contribution in [0.4, 0.5) is 5.69 Å². The number of amides is 1. The Hall–Kier alpha value is -3.40. The lowest BCUT2D eigenvalue weighted by Gasteiger charge is -2.19. The highest BCUT2D eigenvalue weighted by Gasteiger charge is 2.19. The molecule has 0 saturated heterocycles. The first-order valence-corrected chi connectivity index (χ1v) is 9.41. The van der Waals surface area contributed by atoms with Crippen molar-refractivity contribution in [1.29, 1.82) is 0 Å². The van der Waals surface area contributed by atoms with Crippen molar-refractivity contribution >= 4 is 22.4 Å². The fraction of sp³-hybridized carbons (Fsp3) is 0.167. The third-order valence-electron chi connectivity index (χ3n) is 5.27. The predicted octanol–water partition coefficient (Wildman–Crippen LogP) is 4.85. The Kier molecular flexibility index (Phi) is 4.70. The van der Waals surface area contributed by atoms with Gasteiger partial charge in [-0.1, -0.05) is 54.6 Å². The fourth-order valence-electron chi connectivity index (χ4n) is 3.66. The summed E-state index contributed by atoms with van der Waals surface area (Å²) >= 11 is 0. The maximum Gasteiger partial charge on any atom is 0.231 e. The number of rotatable bonds is 4. The second kappa shape index (κ2) is 7.31. The molecule has 4 heteroatoms. The molecular formula is C24H23N3O. The van der Waals surface area contributed by atoms with E-state index in [9.17, 15) is 4.79 Å². The fourth-order valence-corrected chi connectivity index (χ4v) is 3.66. The molecule has 0 spiro atoms. The third kappa shape index (κ3) is 3.18. The van der Waals surface area contributed by atoms with E-state index < -0.39 is 0 Å². The number of hydrogen-bond donors (Lipinski definition) is 0. The van der Waals surface area contributed by atoms with Crippen molar-refractivity contribution in [2.45, 2.75) is 20.3 Å². The molecule has 1 heterocycles. The molecule has 140 valence electrons. The lowest BCUT2D eigenvalue weighted by Crippen LogP contribution is -2.28. The van der Waals surface area contributed by atoms with Gasteiger partial charge in [0.2, 0.25) is 5.91 Å². The van der Waals surface area contributed by atoms with Crippen molar-refractivity contribution in [2.75, 3.05) is 11.9 Å². The maximum atomic E-state index is 13.1. The number of aryl methyl sites for hydroxylation is 1. The lowest BCUT2D eigenvalue weighted by atomic mass is 10.1. The molecule has 4 aromatic rings. The van der Waals surface area contributed by atoms with Crippen LogP contribution in [0.2, 0.25) is 0 Å². The molecule has 28 heavy (non-hydrogen) atoms.